The van der Waals surface area contributed by atoms with Gasteiger partial charge < -0.3 is 0 Å². The molecule has 0 aliphatic carbocycles. The Balaban J connectivity index is 1.97. The highest BCUT2D eigenvalue weighted by Crippen LogP contribution is 2.22. The minimum atomic E-state index is 0.872. The number of aryl methyl sites for hydroxylation is 2. The van der Waals surface area contributed by atoms with Crippen molar-refractivity contribution in [2.45, 2.75) is 52.6 Å². The third-order valence-electron chi connectivity index (χ3n) is 4.08. The summed E-state index contributed by atoms with van der Waals surface area (Å²) >= 11 is 3.57. The molecule has 2 heterocycles. The second-order valence-electron chi connectivity index (χ2n) is 5.52. The molecule has 1 saturated heterocycles. The van der Waals surface area contributed by atoms with Crippen molar-refractivity contribution in [1.29, 1.82) is 0 Å². The predicted octanol–water partition coefficient (Wildman–Crippen LogP) is 3.46. The number of hydrogen-bond acceptors (Lipinski definition) is 2. The molecule has 1 unspecified atom stereocenters. The SMILES string of the molecule is CCc1cc(CN2CCCC(CCBr)C2)n(CC)n1. The molecule has 1 aliphatic heterocycles. The van der Waals surface area contributed by atoms with Crippen LogP contribution in [0.3, 0.4) is 0 Å². The first-order chi connectivity index (χ1) is 9.26. The van der Waals surface area contributed by atoms with Crippen molar-refractivity contribution < 1.29 is 0 Å². The zero-order chi connectivity index (χ0) is 13.7. The highest BCUT2D eigenvalue weighted by Gasteiger charge is 2.20. The predicted molar refractivity (Wildman–Crippen MR) is 83.7 cm³/mol. The lowest BCUT2D eigenvalue weighted by molar-refractivity contribution is 0.161. The van der Waals surface area contributed by atoms with Crippen LogP contribution in [-0.4, -0.2) is 33.1 Å². The van der Waals surface area contributed by atoms with E-state index in [1.807, 2.05) is 0 Å². The molecular weight excluding hydrogens is 302 g/mol. The Kier molecular flexibility index (Phi) is 5.89. The van der Waals surface area contributed by atoms with Gasteiger partial charge in [0.25, 0.3) is 0 Å². The molecule has 1 atom stereocenters. The fourth-order valence-electron chi connectivity index (χ4n) is 3.00. The molecule has 0 bridgehead atoms. The van der Waals surface area contributed by atoms with Gasteiger partial charge in [-0.3, -0.25) is 9.58 Å². The van der Waals surface area contributed by atoms with E-state index in [2.05, 4.69) is 50.5 Å². The van der Waals surface area contributed by atoms with Gasteiger partial charge in [0.15, 0.2) is 0 Å². The van der Waals surface area contributed by atoms with E-state index in [4.69, 9.17) is 0 Å². The van der Waals surface area contributed by atoms with Crippen LogP contribution in [0.15, 0.2) is 6.07 Å². The van der Waals surface area contributed by atoms with Gasteiger partial charge in [-0.05, 0) is 51.1 Å². The Labute approximate surface area is 125 Å². The summed E-state index contributed by atoms with van der Waals surface area (Å²) in [5.74, 6) is 0.872. The first-order valence-electron chi connectivity index (χ1n) is 7.60. The summed E-state index contributed by atoms with van der Waals surface area (Å²) in [6.07, 6.45) is 5.09. The van der Waals surface area contributed by atoms with Gasteiger partial charge in [-0.25, -0.2) is 0 Å². The highest BCUT2D eigenvalue weighted by atomic mass is 79.9. The molecule has 0 N–H and O–H groups in total. The Morgan fingerprint density at radius 1 is 1.42 bits per heavy atom. The average molecular weight is 328 g/mol. The Morgan fingerprint density at radius 3 is 2.95 bits per heavy atom. The monoisotopic (exact) mass is 327 g/mol. The lowest BCUT2D eigenvalue weighted by Gasteiger charge is -2.32. The topological polar surface area (TPSA) is 21.1 Å². The molecule has 2 rings (SSSR count). The fourth-order valence-corrected chi connectivity index (χ4v) is 3.65. The van der Waals surface area contributed by atoms with E-state index >= 15 is 0 Å². The van der Waals surface area contributed by atoms with E-state index in [-0.39, 0.29) is 0 Å². The van der Waals surface area contributed by atoms with Gasteiger partial charge in [-0.15, -0.1) is 0 Å². The molecule has 108 valence electrons. The molecule has 4 heteroatoms. The molecule has 0 spiro atoms. The summed E-state index contributed by atoms with van der Waals surface area (Å²) in [6.45, 7) is 8.91. The second kappa shape index (κ2) is 7.44. The maximum Gasteiger partial charge on any atom is 0.0625 e. The quantitative estimate of drug-likeness (QED) is 0.746. The molecule has 1 fully saturated rings. The maximum absolute atomic E-state index is 4.65. The number of likely N-dealkylation sites (tertiary alicyclic amines) is 1. The van der Waals surface area contributed by atoms with Gasteiger partial charge in [-0.2, -0.15) is 5.10 Å². The summed E-state index contributed by atoms with van der Waals surface area (Å²) in [7, 11) is 0. The van der Waals surface area contributed by atoms with Crippen LogP contribution in [0.5, 0.6) is 0 Å². The zero-order valence-electron chi connectivity index (χ0n) is 12.2. The largest absolute Gasteiger partial charge is 0.297 e. The number of alkyl halides is 1. The van der Waals surface area contributed by atoms with Gasteiger partial charge >= 0.3 is 0 Å². The zero-order valence-corrected chi connectivity index (χ0v) is 13.8. The van der Waals surface area contributed by atoms with E-state index in [1.165, 1.54) is 43.7 Å². The van der Waals surface area contributed by atoms with Gasteiger partial charge in [-0.1, -0.05) is 22.9 Å². The normalized spacial score (nSPS) is 20.9. The third-order valence-corrected chi connectivity index (χ3v) is 4.54. The van der Waals surface area contributed by atoms with Crippen LogP contribution in [0, 0.1) is 5.92 Å². The van der Waals surface area contributed by atoms with Gasteiger partial charge in [0.2, 0.25) is 0 Å². The average Bonchev–Trinajstić information content (AvgIpc) is 2.82. The number of aromatic nitrogens is 2. The lowest BCUT2D eigenvalue weighted by atomic mass is 9.95. The minimum Gasteiger partial charge on any atom is -0.297 e. The van der Waals surface area contributed by atoms with Crippen molar-refractivity contribution >= 4 is 15.9 Å². The Hall–Kier alpha value is -0.350. The minimum absolute atomic E-state index is 0.872. The molecule has 0 radical (unpaired) electrons. The smallest absolute Gasteiger partial charge is 0.0625 e. The molecule has 1 aliphatic rings. The summed E-state index contributed by atoms with van der Waals surface area (Å²) < 4.78 is 2.17. The third kappa shape index (κ3) is 4.06. The molecule has 1 aromatic heterocycles. The van der Waals surface area contributed by atoms with E-state index in [9.17, 15) is 0 Å². The van der Waals surface area contributed by atoms with Gasteiger partial charge in [0.05, 0.1) is 11.4 Å². The molecule has 0 amide bonds. The molecule has 1 aromatic rings. The van der Waals surface area contributed by atoms with Crippen molar-refractivity contribution in [3.8, 4) is 0 Å². The maximum atomic E-state index is 4.65. The number of nitrogens with zero attached hydrogens (tertiary/aromatic N) is 3. The molecule has 0 saturated carbocycles. The molecular formula is C15H26BrN3. The number of hydrogen-bond donors (Lipinski definition) is 0. The van der Waals surface area contributed by atoms with Crippen LogP contribution in [0.25, 0.3) is 0 Å². The molecule has 19 heavy (non-hydrogen) atoms. The van der Waals surface area contributed by atoms with Crippen molar-refractivity contribution in [3.05, 3.63) is 17.5 Å². The fraction of sp³-hybridized carbons (Fsp3) is 0.800. The van der Waals surface area contributed by atoms with E-state index < -0.39 is 0 Å². The lowest BCUT2D eigenvalue weighted by Crippen LogP contribution is -2.35. The van der Waals surface area contributed by atoms with Gasteiger partial charge in [0.1, 0.15) is 0 Å². The van der Waals surface area contributed by atoms with E-state index in [0.29, 0.717) is 0 Å². The number of halogens is 1. The van der Waals surface area contributed by atoms with E-state index in [0.717, 1.165) is 30.8 Å². The van der Waals surface area contributed by atoms with Crippen molar-refractivity contribution in [2.75, 3.05) is 18.4 Å². The first-order valence-corrected chi connectivity index (χ1v) is 8.72. The van der Waals surface area contributed by atoms with Crippen LogP contribution in [-0.2, 0) is 19.5 Å². The first kappa shape index (κ1) is 15.0. The van der Waals surface area contributed by atoms with Gasteiger partial charge in [0, 0.05) is 25.0 Å². The highest BCUT2D eigenvalue weighted by molar-refractivity contribution is 9.09. The summed E-state index contributed by atoms with van der Waals surface area (Å²) in [5.41, 5.74) is 2.62. The Bertz CT molecular complexity index is 387. The summed E-state index contributed by atoms with van der Waals surface area (Å²) in [4.78, 5) is 2.61. The summed E-state index contributed by atoms with van der Waals surface area (Å²) in [6, 6.07) is 2.29. The summed E-state index contributed by atoms with van der Waals surface area (Å²) in [5, 5.41) is 5.79. The van der Waals surface area contributed by atoms with Crippen LogP contribution < -0.4 is 0 Å². The van der Waals surface area contributed by atoms with Crippen LogP contribution in [0.2, 0.25) is 0 Å². The standard InChI is InChI=1S/C15H26BrN3/c1-3-14-10-15(19(4-2)17-14)12-18-9-5-6-13(11-18)7-8-16/h10,13H,3-9,11-12H2,1-2H3. The molecule has 0 aromatic carbocycles. The van der Waals surface area contributed by atoms with E-state index in [1.54, 1.807) is 0 Å². The van der Waals surface area contributed by atoms with Crippen molar-refractivity contribution in [3.63, 3.8) is 0 Å². The second-order valence-corrected chi connectivity index (χ2v) is 6.31. The number of piperidine rings is 1. The van der Waals surface area contributed by atoms with Crippen molar-refractivity contribution in [1.82, 2.24) is 14.7 Å². The Morgan fingerprint density at radius 2 is 2.26 bits per heavy atom. The van der Waals surface area contributed by atoms with Crippen molar-refractivity contribution in [2.24, 2.45) is 5.92 Å². The van der Waals surface area contributed by atoms with Crippen LogP contribution in [0.4, 0.5) is 0 Å². The van der Waals surface area contributed by atoms with Crippen LogP contribution >= 0.6 is 15.9 Å². The number of rotatable bonds is 6. The molecule has 3 nitrogen and oxygen atoms in total. The van der Waals surface area contributed by atoms with Crippen LogP contribution in [0.1, 0.15) is 44.5 Å².